The lowest BCUT2D eigenvalue weighted by molar-refractivity contribution is -0.163. The minimum atomic E-state index is -0.723. The predicted octanol–water partition coefficient (Wildman–Crippen LogP) is 2.98. The Kier molecular flexibility index (Phi) is 7.03. The van der Waals surface area contributed by atoms with Gasteiger partial charge >= 0.3 is 0 Å². The van der Waals surface area contributed by atoms with Gasteiger partial charge in [-0.25, -0.2) is 4.39 Å². The molecule has 3 N–H and O–H groups in total. The fraction of sp³-hybridized carbons (Fsp3) is 0.368. The first kappa shape index (κ1) is 20.7. The zero-order valence-corrected chi connectivity index (χ0v) is 17.3. The number of ether oxygens (including phenoxy) is 2. The zero-order valence-electron chi connectivity index (χ0n) is 15.1. The number of benzene rings is 1. The lowest BCUT2D eigenvalue weighted by Gasteiger charge is -2.23. The fourth-order valence-electron chi connectivity index (χ4n) is 2.91. The average molecular weight is 501 g/mol. The topological polar surface area (TPSA) is 95.6 Å². The SMILES string of the molecule is NC(=O)c1cn(CCOC2CCCCO2)c(=O)cc1Nc1ccc(I)cc1F. The quantitative estimate of drug-likeness (QED) is 0.569. The van der Waals surface area contributed by atoms with Gasteiger partial charge in [0, 0.05) is 29.0 Å². The number of nitrogens with two attached hydrogens (primary N) is 1. The van der Waals surface area contributed by atoms with Crippen molar-refractivity contribution >= 4 is 39.9 Å². The van der Waals surface area contributed by atoms with Crippen LogP contribution in [0.3, 0.4) is 0 Å². The molecule has 1 aliphatic rings. The number of halogens is 2. The molecule has 7 nitrogen and oxygen atoms in total. The van der Waals surface area contributed by atoms with E-state index in [1.807, 2.05) is 22.6 Å². The summed E-state index contributed by atoms with van der Waals surface area (Å²) in [5.41, 5.74) is 5.50. The van der Waals surface area contributed by atoms with Crippen LogP contribution in [0.2, 0.25) is 0 Å². The second-order valence-electron chi connectivity index (χ2n) is 6.41. The number of pyridine rings is 1. The van der Waals surface area contributed by atoms with Crippen molar-refractivity contribution in [1.82, 2.24) is 4.57 Å². The van der Waals surface area contributed by atoms with Crippen molar-refractivity contribution in [1.29, 1.82) is 0 Å². The number of hydrogen-bond donors (Lipinski definition) is 2. The van der Waals surface area contributed by atoms with Crippen molar-refractivity contribution in [2.24, 2.45) is 5.73 Å². The highest BCUT2D eigenvalue weighted by Crippen LogP contribution is 2.23. The standard InChI is InChI=1S/C19H21FIN3O4/c20-14-9-12(21)4-5-15(14)23-16-10-17(25)24(11-13(16)19(22)26)6-8-28-18-3-1-2-7-27-18/h4-5,9-11,18,23H,1-3,6-8H2,(H2,22,26). The number of amides is 1. The molecule has 1 unspecified atom stereocenters. The lowest BCUT2D eigenvalue weighted by Crippen LogP contribution is -2.28. The normalized spacial score (nSPS) is 16.7. The van der Waals surface area contributed by atoms with E-state index in [4.69, 9.17) is 15.2 Å². The van der Waals surface area contributed by atoms with Gasteiger partial charge in [0.05, 0.1) is 23.5 Å². The number of hydrogen-bond acceptors (Lipinski definition) is 5. The average Bonchev–Trinajstić information content (AvgIpc) is 2.66. The molecule has 0 spiro atoms. The van der Waals surface area contributed by atoms with Crippen molar-refractivity contribution in [3.05, 3.63) is 55.8 Å². The predicted molar refractivity (Wildman–Crippen MR) is 111 cm³/mol. The first-order valence-corrected chi connectivity index (χ1v) is 10.0. The summed E-state index contributed by atoms with van der Waals surface area (Å²) in [5, 5.41) is 2.78. The van der Waals surface area contributed by atoms with Crippen LogP contribution in [0.5, 0.6) is 0 Å². The number of primary amides is 1. The molecule has 150 valence electrons. The van der Waals surface area contributed by atoms with Crippen molar-refractivity contribution in [2.45, 2.75) is 32.1 Å². The van der Waals surface area contributed by atoms with Crippen LogP contribution < -0.4 is 16.6 Å². The summed E-state index contributed by atoms with van der Waals surface area (Å²) in [4.78, 5) is 24.3. The smallest absolute Gasteiger partial charge is 0.252 e. The van der Waals surface area contributed by atoms with Gasteiger partial charge in [-0.1, -0.05) is 0 Å². The Hall–Kier alpha value is -1.98. The van der Waals surface area contributed by atoms with Crippen LogP contribution in [0.4, 0.5) is 15.8 Å². The number of aromatic nitrogens is 1. The highest BCUT2D eigenvalue weighted by atomic mass is 127. The van der Waals surface area contributed by atoms with Gasteiger partial charge in [0.2, 0.25) is 0 Å². The fourth-order valence-corrected chi connectivity index (χ4v) is 3.36. The second-order valence-corrected chi connectivity index (χ2v) is 7.66. The first-order chi connectivity index (χ1) is 13.4. The molecule has 2 heterocycles. The van der Waals surface area contributed by atoms with Crippen molar-refractivity contribution in [2.75, 3.05) is 18.5 Å². The number of nitrogens with one attached hydrogen (secondary N) is 1. The Bertz CT molecular complexity index is 913. The third kappa shape index (κ3) is 5.30. The molecule has 1 fully saturated rings. The molecule has 3 rings (SSSR count). The van der Waals surface area contributed by atoms with E-state index in [9.17, 15) is 14.0 Å². The molecule has 1 saturated heterocycles. The minimum absolute atomic E-state index is 0.0893. The number of rotatable bonds is 7. The molecule has 2 aromatic rings. The number of carbonyl (C=O) groups excluding carboxylic acids is 1. The van der Waals surface area contributed by atoms with Gasteiger partial charge in [0.25, 0.3) is 11.5 Å². The molecule has 1 aromatic carbocycles. The first-order valence-electron chi connectivity index (χ1n) is 8.93. The van der Waals surface area contributed by atoms with E-state index in [0.29, 0.717) is 6.61 Å². The maximum Gasteiger partial charge on any atom is 0.252 e. The summed E-state index contributed by atoms with van der Waals surface area (Å²) in [6, 6.07) is 5.82. The van der Waals surface area contributed by atoms with Crippen molar-refractivity contribution in [3.8, 4) is 0 Å². The molecule has 0 aliphatic carbocycles. The molecule has 1 aromatic heterocycles. The monoisotopic (exact) mass is 501 g/mol. The largest absolute Gasteiger partial charge is 0.365 e. The third-order valence-corrected chi connectivity index (χ3v) is 5.04. The van der Waals surface area contributed by atoms with Crippen LogP contribution in [0.15, 0.2) is 35.3 Å². The summed E-state index contributed by atoms with van der Waals surface area (Å²) in [5.74, 6) is -1.22. The van der Waals surface area contributed by atoms with Crippen molar-refractivity contribution in [3.63, 3.8) is 0 Å². The molecule has 0 saturated carbocycles. The second kappa shape index (κ2) is 9.48. The highest BCUT2D eigenvalue weighted by Gasteiger charge is 2.16. The van der Waals surface area contributed by atoms with Crippen LogP contribution >= 0.6 is 22.6 Å². The molecular weight excluding hydrogens is 480 g/mol. The molecule has 1 atom stereocenters. The summed E-state index contributed by atoms with van der Waals surface area (Å²) in [6.45, 7) is 1.18. The molecule has 1 aliphatic heterocycles. The Morgan fingerprint density at radius 3 is 2.86 bits per heavy atom. The van der Waals surface area contributed by atoms with Crippen molar-refractivity contribution < 1.29 is 18.7 Å². The Labute approximate surface area is 175 Å². The molecule has 0 radical (unpaired) electrons. The van der Waals surface area contributed by atoms with E-state index in [-0.39, 0.29) is 41.9 Å². The van der Waals surface area contributed by atoms with Crippen LogP contribution in [0, 0.1) is 9.39 Å². The van der Waals surface area contributed by atoms with Gasteiger partial charge in [0.15, 0.2) is 6.29 Å². The third-order valence-electron chi connectivity index (χ3n) is 4.37. The summed E-state index contributed by atoms with van der Waals surface area (Å²) in [7, 11) is 0. The van der Waals surface area contributed by atoms with Gasteiger partial charge in [-0.2, -0.15) is 0 Å². The molecule has 28 heavy (non-hydrogen) atoms. The van der Waals surface area contributed by atoms with E-state index in [1.165, 1.54) is 29.0 Å². The maximum absolute atomic E-state index is 14.1. The van der Waals surface area contributed by atoms with E-state index in [1.54, 1.807) is 6.07 Å². The molecular formula is C19H21FIN3O4. The van der Waals surface area contributed by atoms with E-state index in [0.717, 1.165) is 22.8 Å². The number of carbonyl (C=O) groups is 1. The summed E-state index contributed by atoms with van der Waals surface area (Å²) >= 11 is 1.99. The number of nitrogens with zero attached hydrogens (tertiary/aromatic N) is 1. The van der Waals surface area contributed by atoms with Crippen LogP contribution in [-0.4, -0.2) is 30.0 Å². The Morgan fingerprint density at radius 2 is 2.18 bits per heavy atom. The van der Waals surface area contributed by atoms with Gasteiger partial charge in [-0.3, -0.25) is 9.59 Å². The van der Waals surface area contributed by atoms with E-state index >= 15 is 0 Å². The maximum atomic E-state index is 14.1. The zero-order chi connectivity index (χ0) is 20.1. The number of anilines is 2. The minimum Gasteiger partial charge on any atom is -0.365 e. The molecule has 9 heteroatoms. The van der Waals surface area contributed by atoms with Gasteiger partial charge in [-0.05, 0) is 60.1 Å². The van der Waals surface area contributed by atoms with E-state index < -0.39 is 11.7 Å². The van der Waals surface area contributed by atoms with Gasteiger partial charge in [0.1, 0.15) is 5.82 Å². The summed E-state index contributed by atoms with van der Waals surface area (Å²) < 4.78 is 27.3. The summed E-state index contributed by atoms with van der Waals surface area (Å²) in [6.07, 6.45) is 4.00. The van der Waals surface area contributed by atoms with Crippen LogP contribution in [0.25, 0.3) is 0 Å². The van der Waals surface area contributed by atoms with Gasteiger partial charge < -0.3 is 25.1 Å². The molecule has 1 amide bonds. The van der Waals surface area contributed by atoms with Crippen LogP contribution in [-0.2, 0) is 16.0 Å². The Morgan fingerprint density at radius 1 is 1.36 bits per heavy atom. The Balaban J connectivity index is 1.75. The lowest BCUT2D eigenvalue weighted by atomic mass is 10.2. The highest BCUT2D eigenvalue weighted by molar-refractivity contribution is 14.1. The molecule has 0 bridgehead atoms. The van der Waals surface area contributed by atoms with E-state index in [2.05, 4.69) is 5.32 Å². The van der Waals surface area contributed by atoms with Gasteiger partial charge in [-0.15, -0.1) is 0 Å². The van der Waals surface area contributed by atoms with Crippen LogP contribution in [0.1, 0.15) is 29.6 Å².